The number of hydrogen-bond donors (Lipinski definition) is 0. The van der Waals surface area contributed by atoms with Gasteiger partial charge in [0.25, 0.3) is 0 Å². The molecule has 24 valence electrons. The molecule has 6 N–H and O–H groups in total. The summed E-state index contributed by atoms with van der Waals surface area (Å²) in [4.78, 5) is 0. The molecule has 0 spiro atoms. The van der Waals surface area contributed by atoms with Crippen molar-refractivity contribution in [1.82, 2.24) is 0 Å². The minimum absolute atomic E-state index is 0. The van der Waals surface area contributed by atoms with Crippen LogP contribution in [0, 0.1) is 0 Å². The molecule has 0 heterocycles. The van der Waals surface area contributed by atoms with Crippen LogP contribution in [0.15, 0.2) is 0 Å². The summed E-state index contributed by atoms with van der Waals surface area (Å²) < 4.78 is 0. The van der Waals surface area contributed by atoms with Gasteiger partial charge in [-0.05, 0) is 0 Å². The first-order chi connectivity index (χ1) is 0. The molecule has 0 unspecified atom stereocenters. The Bertz CT molecular complexity index is 6.00. The van der Waals surface area contributed by atoms with Crippen LogP contribution in [0.2, 0.25) is 0 Å². The molecule has 0 aliphatic heterocycles. The Kier molecular flexibility index (Phi) is 498. The van der Waals surface area contributed by atoms with Gasteiger partial charge in [-0.2, -0.15) is 0 Å². The summed E-state index contributed by atoms with van der Waals surface area (Å²) in [6, 6.07) is 0. The van der Waals surface area contributed by atoms with Crippen molar-refractivity contribution in [1.29, 1.82) is 0 Å². The molecule has 0 radical (unpaired) electrons. The average molecular weight is 123 g/mol. The van der Waals surface area contributed by atoms with Crippen LogP contribution < -0.4 is 88.7 Å². The molecule has 0 aliphatic rings. The predicted molar refractivity (Wildman–Crippen MR) is 10.8 cm³/mol. The Balaban J connectivity index is 0. The van der Waals surface area contributed by atoms with Gasteiger partial charge in [0.2, 0.25) is 0 Å². The zero-order valence-electron chi connectivity index (χ0n) is 4.50. The van der Waals surface area contributed by atoms with Gasteiger partial charge in [-0.15, -0.1) is 0 Å². The molecule has 0 fully saturated rings. The van der Waals surface area contributed by atoms with E-state index in [9.17, 15) is 0 Å². The second kappa shape index (κ2) is 45.0. The predicted octanol–water partition coefficient (Wildman–Crippen LogP) is -11.5. The van der Waals surface area contributed by atoms with E-state index >= 15 is 0 Å². The maximum atomic E-state index is 0. The second-order valence-electron chi connectivity index (χ2n) is 0. The van der Waals surface area contributed by atoms with Crippen LogP contribution >= 0.6 is 0 Å². The van der Waals surface area contributed by atoms with Crippen LogP contribution in [-0.2, 0) is 0 Å². The Labute approximate surface area is 103 Å². The van der Waals surface area contributed by atoms with Crippen LogP contribution in [0.5, 0.6) is 0 Å². The maximum absolute atomic E-state index is 0. The van der Waals surface area contributed by atoms with Gasteiger partial charge in [0, 0.05) is 0 Å². The van der Waals surface area contributed by atoms with Gasteiger partial charge in [-0.1, -0.05) is 0 Å². The fourth-order valence-electron chi connectivity index (χ4n) is 0. The number of hydrogen-bond acceptors (Lipinski definition) is 0. The molecule has 0 atom stereocenters. The summed E-state index contributed by atoms with van der Waals surface area (Å²) in [5, 5.41) is 0. The van der Waals surface area contributed by atoms with Crippen molar-refractivity contribution in [3.8, 4) is 0 Å². The molecule has 0 saturated heterocycles. The van der Waals surface area contributed by atoms with E-state index in [0.29, 0.717) is 0 Å². The standard InChI is InChI=1S/3Na.3H2O/h;;;3*1H2/q3*+1;;;. The monoisotopic (exact) mass is 123 g/mol. The van der Waals surface area contributed by atoms with Gasteiger partial charge in [0.1, 0.15) is 0 Å². The van der Waals surface area contributed by atoms with E-state index in [0.717, 1.165) is 0 Å². The third kappa shape index (κ3) is 28.7. The van der Waals surface area contributed by atoms with Gasteiger partial charge in [-0.3, -0.25) is 0 Å². The summed E-state index contributed by atoms with van der Waals surface area (Å²) in [6.07, 6.45) is 0. The minimum Gasteiger partial charge on any atom is -0.412 e. The summed E-state index contributed by atoms with van der Waals surface area (Å²) >= 11 is 0. The summed E-state index contributed by atoms with van der Waals surface area (Å²) in [7, 11) is 0. The van der Waals surface area contributed by atoms with Gasteiger partial charge in [-0.25, -0.2) is 0 Å². The molecule has 0 saturated carbocycles. The molecule has 0 aromatic heterocycles. The van der Waals surface area contributed by atoms with Crippen molar-refractivity contribution in [2.24, 2.45) is 0 Å². The molecule has 0 bridgehead atoms. The quantitative estimate of drug-likeness (QED) is 0.286. The van der Waals surface area contributed by atoms with Gasteiger partial charge in [0.15, 0.2) is 0 Å². The summed E-state index contributed by atoms with van der Waals surface area (Å²) in [5.74, 6) is 0. The molecule has 3 nitrogen and oxygen atoms in total. The van der Waals surface area contributed by atoms with E-state index in [1.807, 2.05) is 0 Å². The molecule has 0 amide bonds. The fraction of sp³-hybridized carbons (Fsp3) is 0. The summed E-state index contributed by atoms with van der Waals surface area (Å²) in [6.45, 7) is 0. The first-order valence-electron chi connectivity index (χ1n) is 0. The van der Waals surface area contributed by atoms with Gasteiger partial charge >= 0.3 is 88.7 Å². The van der Waals surface area contributed by atoms with Crippen molar-refractivity contribution in [3.05, 3.63) is 0 Å². The minimum atomic E-state index is 0. The first-order valence-corrected chi connectivity index (χ1v) is 0. The van der Waals surface area contributed by atoms with E-state index in [2.05, 4.69) is 0 Å². The summed E-state index contributed by atoms with van der Waals surface area (Å²) in [5.41, 5.74) is 0. The second-order valence-corrected chi connectivity index (χ2v) is 0. The van der Waals surface area contributed by atoms with Crippen molar-refractivity contribution < 1.29 is 105 Å². The molecular weight excluding hydrogens is 117 g/mol. The van der Waals surface area contributed by atoms with Crippen LogP contribution in [0.1, 0.15) is 0 Å². The first kappa shape index (κ1) is 66.5. The van der Waals surface area contributed by atoms with Crippen LogP contribution in [-0.4, -0.2) is 16.4 Å². The maximum Gasteiger partial charge on any atom is 1.00 e. The van der Waals surface area contributed by atoms with Crippen LogP contribution in [0.25, 0.3) is 0 Å². The SMILES string of the molecule is O.O.O.[Na+].[Na+].[Na+]. The van der Waals surface area contributed by atoms with E-state index in [-0.39, 0.29) is 105 Å². The topological polar surface area (TPSA) is 94.5 Å². The van der Waals surface area contributed by atoms with Crippen molar-refractivity contribution in [2.75, 3.05) is 0 Å². The number of rotatable bonds is 0. The molecule has 6 heteroatoms. The van der Waals surface area contributed by atoms with Crippen molar-refractivity contribution >= 4 is 0 Å². The van der Waals surface area contributed by atoms with E-state index in [1.54, 1.807) is 0 Å². The van der Waals surface area contributed by atoms with Crippen LogP contribution in [0.4, 0.5) is 0 Å². The zero-order chi connectivity index (χ0) is 0. The zero-order valence-corrected chi connectivity index (χ0v) is 10.5. The third-order valence-electron chi connectivity index (χ3n) is 0. The molecule has 0 aromatic rings. The van der Waals surface area contributed by atoms with Crippen molar-refractivity contribution in [3.63, 3.8) is 0 Å². The Hall–Kier alpha value is 2.88. The smallest absolute Gasteiger partial charge is 0.412 e. The van der Waals surface area contributed by atoms with Gasteiger partial charge in [0.05, 0.1) is 0 Å². The van der Waals surface area contributed by atoms with Crippen molar-refractivity contribution in [2.45, 2.75) is 0 Å². The normalized spacial score (nSPS) is 0. The van der Waals surface area contributed by atoms with Crippen LogP contribution in [0.3, 0.4) is 0 Å². The Morgan fingerprint density at radius 2 is 0.333 bits per heavy atom. The Morgan fingerprint density at radius 3 is 0.333 bits per heavy atom. The van der Waals surface area contributed by atoms with E-state index in [1.165, 1.54) is 0 Å². The molecule has 0 aliphatic carbocycles. The van der Waals surface area contributed by atoms with Gasteiger partial charge < -0.3 is 16.4 Å². The molecular formula is H6Na3O3+3. The van der Waals surface area contributed by atoms with E-state index < -0.39 is 0 Å². The molecule has 6 heavy (non-hydrogen) atoms. The fourth-order valence-corrected chi connectivity index (χ4v) is 0. The average Bonchev–Trinajstić information content (AvgIpc) is 0. The van der Waals surface area contributed by atoms with E-state index in [4.69, 9.17) is 0 Å². The largest absolute Gasteiger partial charge is 1.00 e. The third-order valence-corrected chi connectivity index (χ3v) is 0. The molecule has 0 rings (SSSR count). The molecule has 0 aromatic carbocycles. The Morgan fingerprint density at radius 1 is 0.333 bits per heavy atom.